The highest BCUT2D eigenvalue weighted by molar-refractivity contribution is 5.25. The van der Waals surface area contributed by atoms with E-state index in [0.717, 1.165) is 18.5 Å². The van der Waals surface area contributed by atoms with Crippen molar-refractivity contribution < 1.29 is 8.78 Å². The molecule has 3 heteroatoms. The summed E-state index contributed by atoms with van der Waals surface area (Å²) < 4.78 is 25.8. The van der Waals surface area contributed by atoms with Crippen LogP contribution in [0.4, 0.5) is 8.78 Å². The van der Waals surface area contributed by atoms with Crippen molar-refractivity contribution in [2.45, 2.75) is 25.7 Å². The van der Waals surface area contributed by atoms with Crippen LogP contribution in [0.15, 0.2) is 18.2 Å². The molecule has 0 radical (unpaired) electrons. The van der Waals surface area contributed by atoms with Crippen LogP contribution in [-0.2, 0) is 5.41 Å². The molecule has 1 N–H and O–H groups in total. The molecule has 15 heavy (non-hydrogen) atoms. The smallest absolute Gasteiger partial charge is 0.159 e. The Morgan fingerprint density at radius 3 is 2.40 bits per heavy atom. The van der Waals surface area contributed by atoms with E-state index in [1.54, 1.807) is 6.07 Å². The Balaban J connectivity index is 2.89. The van der Waals surface area contributed by atoms with Gasteiger partial charge in [-0.25, -0.2) is 8.78 Å². The molecule has 0 saturated carbocycles. The van der Waals surface area contributed by atoms with Crippen LogP contribution < -0.4 is 5.32 Å². The van der Waals surface area contributed by atoms with Crippen LogP contribution in [0, 0.1) is 11.6 Å². The first-order valence-corrected chi connectivity index (χ1v) is 5.07. The molecule has 0 aliphatic heterocycles. The van der Waals surface area contributed by atoms with Gasteiger partial charge in [0.2, 0.25) is 0 Å². The van der Waals surface area contributed by atoms with Crippen LogP contribution in [0.1, 0.15) is 25.8 Å². The topological polar surface area (TPSA) is 12.0 Å². The van der Waals surface area contributed by atoms with Crippen molar-refractivity contribution in [2.75, 3.05) is 13.6 Å². The van der Waals surface area contributed by atoms with Crippen molar-refractivity contribution in [3.8, 4) is 0 Å². The maximum atomic E-state index is 13.0. The van der Waals surface area contributed by atoms with Gasteiger partial charge in [0, 0.05) is 0 Å². The highest BCUT2D eigenvalue weighted by atomic mass is 19.2. The fourth-order valence-corrected chi connectivity index (χ4v) is 1.50. The van der Waals surface area contributed by atoms with Crippen molar-refractivity contribution in [1.29, 1.82) is 0 Å². The fraction of sp³-hybridized carbons (Fsp3) is 0.500. The summed E-state index contributed by atoms with van der Waals surface area (Å²) >= 11 is 0. The lowest BCUT2D eigenvalue weighted by Gasteiger charge is -2.25. The van der Waals surface area contributed by atoms with Crippen LogP contribution in [0.25, 0.3) is 0 Å². The van der Waals surface area contributed by atoms with Gasteiger partial charge in [-0.05, 0) is 43.1 Å². The Hall–Kier alpha value is -0.960. The SMILES string of the molecule is CNCCC(C)(C)c1ccc(F)c(F)c1. The molecule has 1 rings (SSSR count). The highest BCUT2D eigenvalue weighted by Gasteiger charge is 2.21. The number of rotatable bonds is 4. The maximum Gasteiger partial charge on any atom is 0.159 e. The summed E-state index contributed by atoms with van der Waals surface area (Å²) in [6.45, 7) is 4.90. The van der Waals surface area contributed by atoms with Crippen LogP contribution in [0.5, 0.6) is 0 Å². The first-order valence-electron chi connectivity index (χ1n) is 5.07. The van der Waals surface area contributed by atoms with Crippen LogP contribution in [-0.4, -0.2) is 13.6 Å². The van der Waals surface area contributed by atoms with Gasteiger partial charge in [-0.1, -0.05) is 19.9 Å². The van der Waals surface area contributed by atoms with E-state index in [-0.39, 0.29) is 5.41 Å². The van der Waals surface area contributed by atoms with Gasteiger partial charge in [-0.3, -0.25) is 0 Å². The zero-order valence-corrected chi connectivity index (χ0v) is 9.40. The Morgan fingerprint density at radius 2 is 1.87 bits per heavy atom. The molecule has 0 unspecified atom stereocenters. The summed E-state index contributed by atoms with van der Waals surface area (Å²) in [7, 11) is 1.88. The van der Waals surface area contributed by atoms with Gasteiger partial charge in [-0.15, -0.1) is 0 Å². The third kappa shape index (κ3) is 2.99. The summed E-state index contributed by atoms with van der Waals surface area (Å²) in [5.41, 5.74) is 0.689. The number of halogens is 2. The number of nitrogens with one attached hydrogen (secondary N) is 1. The normalized spacial score (nSPS) is 11.8. The Kier molecular flexibility index (Phi) is 3.80. The largest absolute Gasteiger partial charge is 0.320 e. The first kappa shape index (κ1) is 12.1. The molecule has 0 amide bonds. The van der Waals surface area contributed by atoms with Crippen molar-refractivity contribution in [3.05, 3.63) is 35.4 Å². The molecule has 84 valence electrons. The minimum absolute atomic E-state index is 0.141. The second kappa shape index (κ2) is 4.71. The molecule has 1 aromatic carbocycles. The van der Waals surface area contributed by atoms with E-state index in [2.05, 4.69) is 5.32 Å². The summed E-state index contributed by atoms with van der Waals surface area (Å²) in [4.78, 5) is 0. The number of benzene rings is 1. The number of hydrogen-bond acceptors (Lipinski definition) is 1. The predicted molar refractivity (Wildman–Crippen MR) is 57.9 cm³/mol. The van der Waals surface area contributed by atoms with Gasteiger partial charge in [0.05, 0.1) is 0 Å². The van der Waals surface area contributed by atoms with E-state index in [9.17, 15) is 8.78 Å². The third-order valence-electron chi connectivity index (χ3n) is 2.70. The molecule has 0 aromatic heterocycles. The molecule has 0 spiro atoms. The monoisotopic (exact) mass is 213 g/mol. The molecule has 1 aromatic rings. The minimum Gasteiger partial charge on any atom is -0.320 e. The Labute approximate surface area is 89.5 Å². The summed E-state index contributed by atoms with van der Waals surface area (Å²) in [6, 6.07) is 4.12. The van der Waals surface area contributed by atoms with E-state index in [1.165, 1.54) is 12.1 Å². The third-order valence-corrected chi connectivity index (χ3v) is 2.70. The Morgan fingerprint density at radius 1 is 1.20 bits per heavy atom. The Bertz CT molecular complexity index is 334. The molecule has 0 heterocycles. The van der Waals surface area contributed by atoms with E-state index >= 15 is 0 Å². The quantitative estimate of drug-likeness (QED) is 0.811. The molecule has 0 aliphatic carbocycles. The molecular formula is C12H17F2N. The molecular weight excluding hydrogens is 196 g/mol. The predicted octanol–water partition coefficient (Wildman–Crippen LogP) is 2.85. The standard InChI is InChI=1S/C12H17F2N/c1-12(2,6-7-15-3)9-4-5-10(13)11(14)8-9/h4-5,8,15H,6-7H2,1-3H3. The van der Waals surface area contributed by atoms with Gasteiger partial charge in [0.1, 0.15) is 0 Å². The van der Waals surface area contributed by atoms with Crippen LogP contribution in [0.2, 0.25) is 0 Å². The molecule has 0 atom stereocenters. The summed E-state index contributed by atoms with van der Waals surface area (Å²) in [6.07, 6.45) is 0.884. The zero-order valence-electron chi connectivity index (χ0n) is 9.40. The van der Waals surface area contributed by atoms with Gasteiger partial charge < -0.3 is 5.32 Å². The van der Waals surface area contributed by atoms with Gasteiger partial charge in [0.25, 0.3) is 0 Å². The first-order chi connectivity index (χ1) is 6.97. The van der Waals surface area contributed by atoms with E-state index in [1.807, 2.05) is 20.9 Å². The van der Waals surface area contributed by atoms with Gasteiger partial charge in [0.15, 0.2) is 11.6 Å². The van der Waals surface area contributed by atoms with Crippen molar-refractivity contribution in [2.24, 2.45) is 0 Å². The maximum absolute atomic E-state index is 13.0. The second-order valence-corrected chi connectivity index (χ2v) is 4.37. The molecule has 0 bridgehead atoms. The van der Waals surface area contributed by atoms with E-state index < -0.39 is 11.6 Å². The lowest BCUT2D eigenvalue weighted by Crippen LogP contribution is -2.23. The zero-order chi connectivity index (χ0) is 11.5. The molecule has 1 nitrogen and oxygen atoms in total. The van der Waals surface area contributed by atoms with Crippen LogP contribution >= 0.6 is 0 Å². The molecule has 0 saturated heterocycles. The van der Waals surface area contributed by atoms with Gasteiger partial charge >= 0.3 is 0 Å². The number of hydrogen-bond donors (Lipinski definition) is 1. The minimum atomic E-state index is -0.789. The van der Waals surface area contributed by atoms with Gasteiger partial charge in [-0.2, -0.15) is 0 Å². The summed E-state index contributed by atoms with van der Waals surface area (Å²) in [5.74, 6) is -1.56. The van der Waals surface area contributed by atoms with Crippen molar-refractivity contribution >= 4 is 0 Å². The molecule has 0 fully saturated rings. The average molecular weight is 213 g/mol. The fourth-order valence-electron chi connectivity index (χ4n) is 1.50. The highest BCUT2D eigenvalue weighted by Crippen LogP contribution is 2.27. The summed E-state index contributed by atoms with van der Waals surface area (Å²) in [5, 5.41) is 3.05. The average Bonchev–Trinajstić information content (AvgIpc) is 2.19. The van der Waals surface area contributed by atoms with Crippen LogP contribution in [0.3, 0.4) is 0 Å². The lowest BCUT2D eigenvalue weighted by atomic mass is 9.81. The van der Waals surface area contributed by atoms with Crippen molar-refractivity contribution in [3.63, 3.8) is 0 Å². The lowest BCUT2D eigenvalue weighted by molar-refractivity contribution is 0.456. The second-order valence-electron chi connectivity index (χ2n) is 4.37. The molecule has 0 aliphatic rings. The van der Waals surface area contributed by atoms with E-state index in [4.69, 9.17) is 0 Å². The van der Waals surface area contributed by atoms with E-state index in [0.29, 0.717) is 0 Å². The van der Waals surface area contributed by atoms with Crippen molar-refractivity contribution in [1.82, 2.24) is 5.32 Å².